The van der Waals surface area contributed by atoms with Crippen molar-refractivity contribution in [2.45, 2.75) is 31.7 Å². The molecule has 1 aromatic carbocycles. The summed E-state index contributed by atoms with van der Waals surface area (Å²) < 4.78 is 0. The van der Waals surface area contributed by atoms with Crippen LogP contribution in [0.15, 0.2) is 42.7 Å². The van der Waals surface area contributed by atoms with E-state index in [9.17, 15) is 15.0 Å². The first-order valence-electron chi connectivity index (χ1n) is 7.75. The molecule has 23 heavy (non-hydrogen) atoms. The highest BCUT2D eigenvalue weighted by Gasteiger charge is 2.44. The minimum atomic E-state index is -0.139. The Bertz CT molecular complexity index is 703. The van der Waals surface area contributed by atoms with Crippen LogP contribution in [0.4, 0.5) is 0 Å². The first-order valence-corrected chi connectivity index (χ1v) is 7.75. The summed E-state index contributed by atoms with van der Waals surface area (Å²) in [6.07, 6.45) is 5.02. The molecule has 0 aliphatic heterocycles. The Morgan fingerprint density at radius 2 is 2.17 bits per heavy atom. The number of benzene rings is 1. The third-order valence-electron chi connectivity index (χ3n) is 4.21. The Kier molecular flexibility index (Phi) is 4.19. The second kappa shape index (κ2) is 6.28. The number of aromatic hydroxyl groups is 2. The summed E-state index contributed by atoms with van der Waals surface area (Å²) in [6.45, 7) is 1.93. The second-order valence-electron chi connectivity index (χ2n) is 6.17. The van der Waals surface area contributed by atoms with Crippen molar-refractivity contribution in [2.75, 3.05) is 0 Å². The molecule has 0 bridgehead atoms. The van der Waals surface area contributed by atoms with Gasteiger partial charge in [-0.1, -0.05) is 12.1 Å². The Hall–Kier alpha value is -2.56. The summed E-state index contributed by atoms with van der Waals surface area (Å²) in [6, 6.07) is 8.58. The van der Waals surface area contributed by atoms with Crippen LogP contribution < -0.4 is 5.32 Å². The van der Waals surface area contributed by atoms with E-state index < -0.39 is 0 Å². The predicted molar refractivity (Wildman–Crippen MR) is 86.2 cm³/mol. The lowest BCUT2D eigenvalue weighted by molar-refractivity contribution is -0.123. The van der Waals surface area contributed by atoms with E-state index in [1.54, 1.807) is 12.3 Å². The molecule has 3 atom stereocenters. The van der Waals surface area contributed by atoms with Gasteiger partial charge in [-0.25, -0.2) is 0 Å². The number of aromatic nitrogens is 1. The molecule has 5 heteroatoms. The number of nitrogens with zero attached hydrogens (tertiary/aromatic N) is 1. The van der Waals surface area contributed by atoms with Gasteiger partial charge in [0.15, 0.2) is 11.5 Å². The van der Waals surface area contributed by atoms with Gasteiger partial charge in [-0.3, -0.25) is 9.78 Å². The van der Waals surface area contributed by atoms with E-state index in [0.29, 0.717) is 6.42 Å². The Balaban J connectivity index is 1.53. The van der Waals surface area contributed by atoms with E-state index in [4.69, 9.17) is 0 Å². The number of pyridine rings is 1. The lowest BCUT2D eigenvalue weighted by Crippen LogP contribution is -2.35. The quantitative estimate of drug-likeness (QED) is 0.740. The molecule has 1 saturated carbocycles. The first-order chi connectivity index (χ1) is 11.0. The van der Waals surface area contributed by atoms with Crippen molar-refractivity contribution in [2.24, 2.45) is 5.92 Å². The van der Waals surface area contributed by atoms with Crippen molar-refractivity contribution in [1.82, 2.24) is 10.3 Å². The fourth-order valence-corrected chi connectivity index (χ4v) is 2.90. The lowest BCUT2D eigenvalue weighted by Gasteiger charge is -2.14. The summed E-state index contributed by atoms with van der Waals surface area (Å²) >= 11 is 0. The molecule has 0 spiro atoms. The number of carbonyl (C=O) groups is 1. The van der Waals surface area contributed by atoms with Crippen molar-refractivity contribution in [3.05, 3.63) is 53.9 Å². The molecule has 1 amide bonds. The van der Waals surface area contributed by atoms with Gasteiger partial charge in [0, 0.05) is 24.4 Å². The molecule has 3 rings (SSSR count). The van der Waals surface area contributed by atoms with Gasteiger partial charge in [0.05, 0.1) is 0 Å². The average Bonchev–Trinajstić information content (AvgIpc) is 3.32. The number of nitrogens with one attached hydrogen (secondary N) is 1. The minimum Gasteiger partial charge on any atom is -0.504 e. The van der Waals surface area contributed by atoms with E-state index in [-0.39, 0.29) is 35.3 Å². The van der Waals surface area contributed by atoms with Crippen LogP contribution in [-0.2, 0) is 11.2 Å². The van der Waals surface area contributed by atoms with Gasteiger partial charge in [-0.05, 0) is 55.0 Å². The van der Waals surface area contributed by atoms with Crippen molar-refractivity contribution < 1.29 is 15.0 Å². The number of carbonyl (C=O) groups excluding carboxylic acids is 1. The zero-order valence-electron chi connectivity index (χ0n) is 12.9. The summed E-state index contributed by atoms with van der Waals surface area (Å²) in [7, 11) is 0. The van der Waals surface area contributed by atoms with Crippen molar-refractivity contribution in [3.63, 3.8) is 0 Å². The molecule has 1 aliphatic rings. The maximum absolute atomic E-state index is 12.3. The molecule has 120 valence electrons. The van der Waals surface area contributed by atoms with E-state index in [0.717, 1.165) is 17.5 Å². The number of hydrogen-bond donors (Lipinski definition) is 3. The third-order valence-corrected chi connectivity index (χ3v) is 4.21. The van der Waals surface area contributed by atoms with E-state index in [1.165, 1.54) is 12.1 Å². The van der Waals surface area contributed by atoms with E-state index >= 15 is 0 Å². The van der Waals surface area contributed by atoms with Gasteiger partial charge < -0.3 is 15.5 Å². The lowest BCUT2D eigenvalue weighted by atomic mass is 10.1. The largest absolute Gasteiger partial charge is 0.504 e. The number of phenols is 2. The normalized spacial score (nSPS) is 20.7. The maximum Gasteiger partial charge on any atom is 0.223 e. The van der Waals surface area contributed by atoms with Crippen LogP contribution in [0.3, 0.4) is 0 Å². The van der Waals surface area contributed by atoms with Crippen LogP contribution >= 0.6 is 0 Å². The van der Waals surface area contributed by atoms with Crippen molar-refractivity contribution >= 4 is 5.91 Å². The molecule has 0 unspecified atom stereocenters. The summed E-state index contributed by atoms with van der Waals surface area (Å²) in [5.74, 6) is 0.0837. The molecule has 1 heterocycles. The van der Waals surface area contributed by atoms with E-state index in [1.807, 2.05) is 25.3 Å². The number of hydrogen-bond acceptors (Lipinski definition) is 4. The Morgan fingerprint density at radius 3 is 2.87 bits per heavy atom. The summed E-state index contributed by atoms with van der Waals surface area (Å²) in [4.78, 5) is 16.4. The number of phenolic OH excluding ortho intramolecular Hbond substituents is 2. The topological polar surface area (TPSA) is 82.5 Å². The minimum absolute atomic E-state index is 0.0230. The Labute approximate surface area is 135 Å². The van der Waals surface area contributed by atoms with Crippen molar-refractivity contribution in [3.8, 4) is 11.5 Å². The summed E-state index contributed by atoms with van der Waals surface area (Å²) in [5.41, 5.74) is 1.98. The highest BCUT2D eigenvalue weighted by Crippen LogP contribution is 2.47. The van der Waals surface area contributed by atoms with Crippen LogP contribution in [0.5, 0.6) is 11.5 Å². The van der Waals surface area contributed by atoms with Gasteiger partial charge in [0.25, 0.3) is 0 Å². The molecule has 1 fully saturated rings. The van der Waals surface area contributed by atoms with Crippen LogP contribution in [0.1, 0.15) is 30.4 Å². The van der Waals surface area contributed by atoms with Crippen LogP contribution in [0, 0.1) is 5.92 Å². The van der Waals surface area contributed by atoms with Crippen LogP contribution in [-0.4, -0.2) is 27.1 Å². The molecule has 0 saturated heterocycles. The molecule has 1 aromatic heterocycles. The fraction of sp³-hybridized carbons (Fsp3) is 0.333. The van der Waals surface area contributed by atoms with Crippen molar-refractivity contribution in [1.29, 1.82) is 0 Å². The Morgan fingerprint density at radius 1 is 1.35 bits per heavy atom. The monoisotopic (exact) mass is 312 g/mol. The van der Waals surface area contributed by atoms with Crippen LogP contribution in [0.2, 0.25) is 0 Å². The molecule has 5 nitrogen and oxygen atoms in total. The molecular weight excluding hydrogens is 292 g/mol. The van der Waals surface area contributed by atoms with Gasteiger partial charge in [0.1, 0.15) is 0 Å². The SMILES string of the molecule is C[C@H](Cc1ccc(O)c(O)c1)NC(=O)[C@@H]1C[C@H]1c1cccnc1. The summed E-state index contributed by atoms with van der Waals surface area (Å²) in [5, 5.41) is 21.8. The molecule has 1 aliphatic carbocycles. The zero-order chi connectivity index (χ0) is 16.4. The predicted octanol–water partition coefficient (Wildman–Crippen LogP) is 2.34. The highest BCUT2D eigenvalue weighted by atomic mass is 16.3. The van der Waals surface area contributed by atoms with Crippen LogP contribution in [0.25, 0.3) is 0 Å². The smallest absolute Gasteiger partial charge is 0.223 e. The molecule has 0 radical (unpaired) electrons. The van der Waals surface area contributed by atoms with E-state index in [2.05, 4.69) is 10.3 Å². The van der Waals surface area contributed by atoms with Gasteiger partial charge in [-0.15, -0.1) is 0 Å². The zero-order valence-corrected chi connectivity index (χ0v) is 12.9. The van der Waals surface area contributed by atoms with Gasteiger partial charge >= 0.3 is 0 Å². The van der Waals surface area contributed by atoms with Gasteiger partial charge in [-0.2, -0.15) is 0 Å². The van der Waals surface area contributed by atoms with Gasteiger partial charge in [0.2, 0.25) is 5.91 Å². The fourth-order valence-electron chi connectivity index (χ4n) is 2.90. The highest BCUT2D eigenvalue weighted by molar-refractivity contribution is 5.83. The molecule has 2 aromatic rings. The second-order valence-corrected chi connectivity index (χ2v) is 6.17. The average molecular weight is 312 g/mol. The third kappa shape index (κ3) is 3.62. The molecular formula is C18H20N2O3. The number of amides is 1. The molecule has 3 N–H and O–H groups in total. The first kappa shape index (κ1) is 15.3. The maximum atomic E-state index is 12.3. The standard InChI is InChI=1S/C18H20N2O3/c1-11(7-12-4-5-16(21)17(22)8-12)20-18(23)15-9-14(15)13-3-2-6-19-10-13/h2-6,8,10-11,14-15,21-22H,7,9H2,1H3,(H,20,23)/t11-,14+,15-/m1/s1. The number of rotatable bonds is 5.